The van der Waals surface area contributed by atoms with E-state index in [1.54, 1.807) is 13.0 Å². The first-order valence-electron chi connectivity index (χ1n) is 4.43. The predicted octanol–water partition coefficient (Wildman–Crippen LogP) is 0.863. The zero-order valence-corrected chi connectivity index (χ0v) is 8.37. The molecule has 0 heterocycles. The molecule has 0 bridgehead atoms. The molecular weight excluding hydrogens is 178 g/mol. The van der Waals surface area contributed by atoms with Crippen LogP contribution in [-0.4, -0.2) is 11.9 Å². The van der Waals surface area contributed by atoms with Gasteiger partial charge in [0.05, 0.1) is 11.4 Å². The molecule has 0 aliphatic carbocycles. The first kappa shape index (κ1) is 10.4. The number of carbonyl (C=O) groups is 1. The highest BCUT2D eigenvalue weighted by Gasteiger charge is 2.10. The number of nitrogens with one attached hydrogen (secondary N) is 1. The quantitative estimate of drug-likeness (QED) is 0.623. The molecule has 0 aromatic heterocycles. The summed E-state index contributed by atoms with van der Waals surface area (Å²) in [6, 6.07) is 5.15. The number of amides is 1. The fourth-order valence-corrected chi connectivity index (χ4v) is 1.18. The molecule has 0 fully saturated rings. The van der Waals surface area contributed by atoms with E-state index in [4.69, 9.17) is 11.5 Å². The number of para-hydroxylation sites is 1. The molecule has 0 radical (unpaired) electrons. The van der Waals surface area contributed by atoms with Gasteiger partial charge in [0.25, 0.3) is 0 Å². The van der Waals surface area contributed by atoms with Crippen molar-refractivity contribution in [1.29, 1.82) is 0 Å². The molecule has 0 aliphatic heterocycles. The molecule has 5 N–H and O–H groups in total. The summed E-state index contributed by atoms with van der Waals surface area (Å²) in [5, 5.41) is 2.98. The van der Waals surface area contributed by atoms with Crippen molar-refractivity contribution in [2.45, 2.75) is 19.9 Å². The van der Waals surface area contributed by atoms with Crippen LogP contribution in [0.15, 0.2) is 18.2 Å². The van der Waals surface area contributed by atoms with E-state index in [0.29, 0.717) is 5.69 Å². The van der Waals surface area contributed by atoms with Gasteiger partial charge in [-0.15, -0.1) is 0 Å². The molecular formula is C10H15N3O. The average Bonchev–Trinajstić information content (AvgIpc) is 2.11. The second-order valence-corrected chi connectivity index (χ2v) is 3.31. The second kappa shape index (κ2) is 4.00. The average molecular weight is 193 g/mol. The van der Waals surface area contributed by atoms with Gasteiger partial charge in [-0.1, -0.05) is 12.1 Å². The van der Waals surface area contributed by atoms with Crippen LogP contribution in [0.1, 0.15) is 12.5 Å². The third kappa shape index (κ3) is 2.16. The minimum atomic E-state index is -0.418. The van der Waals surface area contributed by atoms with Crippen LogP contribution in [0.2, 0.25) is 0 Å². The van der Waals surface area contributed by atoms with Gasteiger partial charge in [-0.05, 0) is 25.5 Å². The minimum absolute atomic E-state index is 0.396. The first-order chi connectivity index (χ1) is 6.52. The number of rotatable bonds is 3. The van der Waals surface area contributed by atoms with Crippen LogP contribution in [-0.2, 0) is 4.79 Å². The molecule has 0 aliphatic rings. The normalized spacial score (nSPS) is 12.1. The number of anilines is 2. The molecule has 1 unspecified atom stereocenters. The molecule has 1 aromatic rings. The summed E-state index contributed by atoms with van der Waals surface area (Å²) in [5.74, 6) is -0.396. The van der Waals surface area contributed by atoms with Gasteiger partial charge in [0.15, 0.2) is 0 Å². The lowest BCUT2D eigenvalue weighted by atomic mass is 10.1. The van der Waals surface area contributed by atoms with Gasteiger partial charge >= 0.3 is 0 Å². The van der Waals surface area contributed by atoms with E-state index in [2.05, 4.69) is 5.32 Å². The Hall–Kier alpha value is -1.71. The van der Waals surface area contributed by atoms with Crippen LogP contribution >= 0.6 is 0 Å². The summed E-state index contributed by atoms with van der Waals surface area (Å²) in [6.07, 6.45) is 0. The molecule has 1 aromatic carbocycles. The van der Waals surface area contributed by atoms with Gasteiger partial charge < -0.3 is 16.8 Å². The summed E-state index contributed by atoms with van der Waals surface area (Å²) < 4.78 is 0. The predicted molar refractivity (Wildman–Crippen MR) is 57.9 cm³/mol. The molecule has 0 saturated carbocycles. The van der Waals surface area contributed by atoms with Crippen molar-refractivity contribution in [2.75, 3.05) is 11.1 Å². The lowest BCUT2D eigenvalue weighted by Crippen LogP contribution is -2.32. The van der Waals surface area contributed by atoms with Crippen molar-refractivity contribution < 1.29 is 4.79 Å². The standard InChI is InChI=1S/C10H15N3O/c1-6-4-3-5-8(11)9(6)13-7(2)10(12)14/h3-5,7,13H,11H2,1-2H3,(H2,12,14). The Labute approximate surface area is 83.3 Å². The van der Waals surface area contributed by atoms with Gasteiger partial charge in [-0.3, -0.25) is 4.79 Å². The largest absolute Gasteiger partial charge is 0.397 e. The van der Waals surface area contributed by atoms with Crippen molar-refractivity contribution in [1.82, 2.24) is 0 Å². The Morgan fingerprint density at radius 1 is 1.50 bits per heavy atom. The lowest BCUT2D eigenvalue weighted by molar-refractivity contribution is -0.118. The van der Waals surface area contributed by atoms with Crippen LogP contribution in [0.25, 0.3) is 0 Å². The maximum Gasteiger partial charge on any atom is 0.239 e. The fourth-order valence-electron chi connectivity index (χ4n) is 1.18. The summed E-state index contributed by atoms with van der Waals surface area (Å²) in [4.78, 5) is 10.8. The number of aryl methyl sites for hydroxylation is 1. The zero-order valence-electron chi connectivity index (χ0n) is 8.37. The van der Waals surface area contributed by atoms with Crippen molar-refractivity contribution in [3.05, 3.63) is 23.8 Å². The molecule has 14 heavy (non-hydrogen) atoms. The van der Waals surface area contributed by atoms with Crippen molar-refractivity contribution in [3.63, 3.8) is 0 Å². The van der Waals surface area contributed by atoms with Gasteiger partial charge in [-0.2, -0.15) is 0 Å². The number of benzene rings is 1. The summed E-state index contributed by atoms with van der Waals surface area (Å²) in [7, 11) is 0. The van der Waals surface area contributed by atoms with E-state index >= 15 is 0 Å². The Kier molecular flexibility index (Phi) is 2.96. The molecule has 0 saturated heterocycles. The summed E-state index contributed by atoms with van der Waals surface area (Å²) in [6.45, 7) is 3.63. The van der Waals surface area contributed by atoms with E-state index in [9.17, 15) is 4.79 Å². The maximum atomic E-state index is 10.8. The monoisotopic (exact) mass is 193 g/mol. The zero-order chi connectivity index (χ0) is 10.7. The van der Waals surface area contributed by atoms with E-state index < -0.39 is 11.9 Å². The summed E-state index contributed by atoms with van der Waals surface area (Å²) >= 11 is 0. The highest BCUT2D eigenvalue weighted by molar-refractivity contribution is 5.84. The SMILES string of the molecule is Cc1cccc(N)c1NC(C)C(N)=O. The van der Waals surface area contributed by atoms with Crippen LogP contribution in [0, 0.1) is 6.92 Å². The fraction of sp³-hybridized carbons (Fsp3) is 0.300. The number of carbonyl (C=O) groups excluding carboxylic acids is 1. The molecule has 0 spiro atoms. The van der Waals surface area contributed by atoms with Gasteiger partial charge in [0.1, 0.15) is 6.04 Å². The molecule has 4 nitrogen and oxygen atoms in total. The number of nitrogen functional groups attached to an aromatic ring is 1. The highest BCUT2D eigenvalue weighted by Crippen LogP contribution is 2.22. The first-order valence-corrected chi connectivity index (χ1v) is 4.43. The number of nitrogens with two attached hydrogens (primary N) is 2. The Bertz CT molecular complexity index is 329. The van der Waals surface area contributed by atoms with Crippen LogP contribution in [0.5, 0.6) is 0 Å². The molecule has 1 atom stereocenters. The van der Waals surface area contributed by atoms with Gasteiger partial charge in [0, 0.05) is 0 Å². The van der Waals surface area contributed by atoms with E-state index in [1.807, 2.05) is 19.1 Å². The molecule has 4 heteroatoms. The molecule has 76 valence electrons. The third-order valence-electron chi connectivity index (χ3n) is 2.09. The maximum absolute atomic E-state index is 10.8. The van der Waals surface area contributed by atoms with E-state index in [1.165, 1.54) is 0 Å². The second-order valence-electron chi connectivity index (χ2n) is 3.31. The van der Waals surface area contributed by atoms with Crippen LogP contribution in [0.4, 0.5) is 11.4 Å². The topological polar surface area (TPSA) is 81.1 Å². The van der Waals surface area contributed by atoms with Crippen molar-refractivity contribution in [2.24, 2.45) is 5.73 Å². The molecule has 1 amide bonds. The van der Waals surface area contributed by atoms with Crippen LogP contribution < -0.4 is 16.8 Å². The van der Waals surface area contributed by atoms with E-state index in [0.717, 1.165) is 11.3 Å². The third-order valence-corrected chi connectivity index (χ3v) is 2.09. The number of hydrogen-bond acceptors (Lipinski definition) is 3. The van der Waals surface area contributed by atoms with E-state index in [-0.39, 0.29) is 0 Å². The van der Waals surface area contributed by atoms with Gasteiger partial charge in [-0.25, -0.2) is 0 Å². The molecule has 1 rings (SSSR count). The lowest BCUT2D eigenvalue weighted by Gasteiger charge is -2.15. The van der Waals surface area contributed by atoms with Crippen molar-refractivity contribution >= 4 is 17.3 Å². The number of primary amides is 1. The Morgan fingerprint density at radius 3 is 2.64 bits per heavy atom. The number of hydrogen-bond donors (Lipinski definition) is 3. The highest BCUT2D eigenvalue weighted by atomic mass is 16.1. The minimum Gasteiger partial charge on any atom is -0.397 e. The van der Waals surface area contributed by atoms with Crippen molar-refractivity contribution in [3.8, 4) is 0 Å². The summed E-state index contributed by atoms with van der Waals surface area (Å²) in [5.41, 5.74) is 13.3. The Balaban J connectivity index is 2.91. The smallest absolute Gasteiger partial charge is 0.239 e. The Morgan fingerprint density at radius 2 is 2.14 bits per heavy atom. The van der Waals surface area contributed by atoms with Gasteiger partial charge in [0.2, 0.25) is 5.91 Å². The van der Waals surface area contributed by atoms with Crippen LogP contribution in [0.3, 0.4) is 0 Å².